The molecule has 82 valence electrons. The normalized spacial score (nSPS) is 9.06. The maximum absolute atomic E-state index is 11.3. The SMILES string of the molecule is CC#Cc1[nH]c2ncncc2c1C(N)=O.Cl. The summed E-state index contributed by atoms with van der Waals surface area (Å²) in [4.78, 5) is 22.0. The van der Waals surface area contributed by atoms with Crippen molar-refractivity contribution in [2.24, 2.45) is 5.73 Å². The van der Waals surface area contributed by atoms with Gasteiger partial charge >= 0.3 is 0 Å². The lowest BCUT2D eigenvalue weighted by molar-refractivity contribution is 0.100. The molecule has 1 amide bonds. The summed E-state index contributed by atoms with van der Waals surface area (Å²) >= 11 is 0. The summed E-state index contributed by atoms with van der Waals surface area (Å²) in [6.45, 7) is 1.68. The van der Waals surface area contributed by atoms with Gasteiger partial charge in [0.2, 0.25) is 0 Å². The Morgan fingerprint density at radius 2 is 2.31 bits per heavy atom. The van der Waals surface area contributed by atoms with E-state index in [0.717, 1.165) is 0 Å². The van der Waals surface area contributed by atoms with E-state index < -0.39 is 5.91 Å². The van der Waals surface area contributed by atoms with Crippen molar-refractivity contribution in [1.82, 2.24) is 15.0 Å². The van der Waals surface area contributed by atoms with Gasteiger partial charge in [0.15, 0.2) is 0 Å². The number of hydrogen-bond donors (Lipinski definition) is 2. The minimum absolute atomic E-state index is 0. The first kappa shape index (κ1) is 12.0. The summed E-state index contributed by atoms with van der Waals surface area (Å²) in [6.07, 6.45) is 2.94. The molecule has 0 aliphatic heterocycles. The first-order valence-corrected chi connectivity index (χ1v) is 4.28. The molecule has 2 heterocycles. The zero-order valence-electron chi connectivity index (χ0n) is 8.44. The van der Waals surface area contributed by atoms with E-state index in [0.29, 0.717) is 22.3 Å². The molecule has 5 nitrogen and oxygen atoms in total. The maximum Gasteiger partial charge on any atom is 0.252 e. The fourth-order valence-electron chi connectivity index (χ4n) is 1.40. The lowest BCUT2D eigenvalue weighted by Gasteiger charge is -1.91. The number of nitrogens with zero attached hydrogens (tertiary/aromatic N) is 2. The molecule has 0 radical (unpaired) electrons. The highest BCUT2D eigenvalue weighted by molar-refractivity contribution is 6.07. The second kappa shape index (κ2) is 4.64. The van der Waals surface area contributed by atoms with Gasteiger partial charge < -0.3 is 10.7 Å². The van der Waals surface area contributed by atoms with Gasteiger partial charge in [-0.2, -0.15) is 0 Å². The number of amides is 1. The molecule has 0 unspecified atom stereocenters. The Morgan fingerprint density at radius 3 is 2.94 bits per heavy atom. The largest absolute Gasteiger partial charge is 0.365 e. The lowest BCUT2D eigenvalue weighted by atomic mass is 10.2. The number of halogens is 1. The Bertz CT molecular complexity index is 594. The number of aromatic amines is 1. The van der Waals surface area contributed by atoms with Crippen LogP contribution in [0, 0.1) is 11.8 Å². The molecule has 6 heteroatoms. The second-order valence-electron chi connectivity index (χ2n) is 2.90. The number of fused-ring (bicyclic) bond motifs is 1. The lowest BCUT2D eigenvalue weighted by Crippen LogP contribution is -2.12. The predicted molar refractivity (Wildman–Crippen MR) is 62.2 cm³/mol. The van der Waals surface area contributed by atoms with Crippen molar-refractivity contribution in [1.29, 1.82) is 0 Å². The van der Waals surface area contributed by atoms with E-state index in [2.05, 4.69) is 26.8 Å². The predicted octanol–water partition coefficient (Wildman–Crippen LogP) is 0.850. The van der Waals surface area contributed by atoms with Crippen molar-refractivity contribution in [3.05, 3.63) is 23.8 Å². The zero-order chi connectivity index (χ0) is 10.8. The van der Waals surface area contributed by atoms with Gasteiger partial charge in [-0.3, -0.25) is 4.79 Å². The fourth-order valence-corrected chi connectivity index (χ4v) is 1.40. The van der Waals surface area contributed by atoms with E-state index in [1.807, 2.05) is 0 Å². The van der Waals surface area contributed by atoms with Crippen molar-refractivity contribution in [3.63, 3.8) is 0 Å². The molecule has 0 saturated heterocycles. The number of aromatic nitrogens is 3. The van der Waals surface area contributed by atoms with Crippen LogP contribution in [0.1, 0.15) is 23.0 Å². The number of hydrogen-bond acceptors (Lipinski definition) is 3. The molecule has 0 aliphatic rings. The number of rotatable bonds is 1. The summed E-state index contributed by atoms with van der Waals surface area (Å²) in [7, 11) is 0. The van der Waals surface area contributed by atoms with Crippen LogP contribution in [0.25, 0.3) is 11.0 Å². The van der Waals surface area contributed by atoms with Crippen LogP contribution in [0.2, 0.25) is 0 Å². The van der Waals surface area contributed by atoms with Gasteiger partial charge in [0.05, 0.1) is 10.9 Å². The zero-order valence-corrected chi connectivity index (χ0v) is 9.26. The van der Waals surface area contributed by atoms with Gasteiger partial charge in [0.25, 0.3) is 5.91 Å². The Balaban J connectivity index is 0.00000128. The third-order valence-electron chi connectivity index (χ3n) is 1.97. The van der Waals surface area contributed by atoms with Crippen LogP contribution >= 0.6 is 12.4 Å². The van der Waals surface area contributed by atoms with Crippen molar-refractivity contribution in [2.45, 2.75) is 6.92 Å². The first-order chi connectivity index (χ1) is 7.24. The van der Waals surface area contributed by atoms with Crippen molar-refractivity contribution in [3.8, 4) is 11.8 Å². The van der Waals surface area contributed by atoms with Gasteiger partial charge in [-0.05, 0) is 12.8 Å². The van der Waals surface area contributed by atoms with Crippen LogP contribution in [0.4, 0.5) is 0 Å². The van der Waals surface area contributed by atoms with E-state index in [9.17, 15) is 4.79 Å². The van der Waals surface area contributed by atoms with Crippen LogP contribution in [0.3, 0.4) is 0 Å². The van der Waals surface area contributed by atoms with E-state index >= 15 is 0 Å². The standard InChI is InChI=1S/C10H8N4O.ClH/c1-2-3-7-8(9(11)15)6-4-12-5-13-10(6)14-7;/h4-5H,1H3,(H2,11,15)(H,12,13,14);1H. The quantitative estimate of drug-likeness (QED) is 0.720. The molecule has 0 fully saturated rings. The van der Waals surface area contributed by atoms with Gasteiger partial charge in [0.1, 0.15) is 17.7 Å². The van der Waals surface area contributed by atoms with Crippen LogP contribution in [-0.2, 0) is 0 Å². The van der Waals surface area contributed by atoms with Gasteiger partial charge in [-0.25, -0.2) is 9.97 Å². The third kappa shape index (κ3) is 1.83. The average molecular weight is 237 g/mol. The number of nitrogens with two attached hydrogens (primary N) is 1. The average Bonchev–Trinajstić information content (AvgIpc) is 2.56. The molecular formula is C10H9ClN4O. The molecule has 2 aromatic rings. The minimum Gasteiger partial charge on any atom is -0.365 e. The summed E-state index contributed by atoms with van der Waals surface area (Å²) in [5.74, 6) is 4.94. The van der Waals surface area contributed by atoms with Gasteiger partial charge in [0, 0.05) is 6.20 Å². The molecule has 0 aliphatic carbocycles. The molecule has 0 aromatic carbocycles. The Hall–Kier alpha value is -2.06. The molecule has 3 N–H and O–H groups in total. The van der Waals surface area contributed by atoms with Crippen LogP contribution in [0.5, 0.6) is 0 Å². The molecule has 0 spiro atoms. The fraction of sp³-hybridized carbons (Fsp3) is 0.100. The molecule has 16 heavy (non-hydrogen) atoms. The van der Waals surface area contributed by atoms with Crippen LogP contribution in [-0.4, -0.2) is 20.9 Å². The second-order valence-corrected chi connectivity index (χ2v) is 2.90. The molecule has 0 atom stereocenters. The molecular weight excluding hydrogens is 228 g/mol. The van der Waals surface area contributed by atoms with E-state index in [1.165, 1.54) is 6.33 Å². The summed E-state index contributed by atoms with van der Waals surface area (Å²) < 4.78 is 0. The van der Waals surface area contributed by atoms with Crippen LogP contribution in [0.15, 0.2) is 12.5 Å². The summed E-state index contributed by atoms with van der Waals surface area (Å²) in [5.41, 5.74) is 6.67. The number of carbonyl (C=O) groups excluding carboxylic acids is 1. The molecule has 2 aromatic heterocycles. The third-order valence-corrected chi connectivity index (χ3v) is 1.97. The van der Waals surface area contributed by atoms with Crippen molar-refractivity contribution in [2.75, 3.05) is 0 Å². The van der Waals surface area contributed by atoms with Crippen molar-refractivity contribution >= 4 is 29.3 Å². The van der Waals surface area contributed by atoms with E-state index in [-0.39, 0.29) is 12.4 Å². The van der Waals surface area contributed by atoms with Gasteiger partial charge in [-0.1, -0.05) is 5.92 Å². The van der Waals surface area contributed by atoms with Gasteiger partial charge in [-0.15, -0.1) is 12.4 Å². The van der Waals surface area contributed by atoms with Crippen LogP contribution < -0.4 is 5.73 Å². The maximum atomic E-state index is 11.3. The highest BCUT2D eigenvalue weighted by Crippen LogP contribution is 2.18. The summed E-state index contributed by atoms with van der Waals surface area (Å²) in [6, 6.07) is 0. The monoisotopic (exact) mass is 236 g/mol. The highest BCUT2D eigenvalue weighted by Gasteiger charge is 2.15. The van der Waals surface area contributed by atoms with E-state index in [1.54, 1.807) is 13.1 Å². The van der Waals surface area contributed by atoms with Crippen molar-refractivity contribution < 1.29 is 4.79 Å². The molecule has 0 bridgehead atoms. The number of primary amides is 1. The summed E-state index contributed by atoms with van der Waals surface area (Å²) in [5, 5.41) is 0.600. The molecule has 2 rings (SSSR count). The topological polar surface area (TPSA) is 84.7 Å². The Labute approximate surface area is 97.9 Å². The number of carbonyl (C=O) groups is 1. The highest BCUT2D eigenvalue weighted by atomic mass is 35.5. The smallest absolute Gasteiger partial charge is 0.252 e. The first-order valence-electron chi connectivity index (χ1n) is 4.28. The Kier molecular flexibility index (Phi) is 3.48. The molecule has 0 saturated carbocycles. The Morgan fingerprint density at radius 1 is 1.56 bits per heavy atom. The number of nitrogens with one attached hydrogen (secondary N) is 1. The minimum atomic E-state index is -0.534. The van der Waals surface area contributed by atoms with E-state index in [4.69, 9.17) is 5.73 Å². The number of H-pyrrole nitrogens is 1.